The van der Waals surface area contributed by atoms with Crippen molar-refractivity contribution in [2.24, 2.45) is 0 Å². The summed E-state index contributed by atoms with van der Waals surface area (Å²) in [4.78, 5) is 16.3. The van der Waals surface area contributed by atoms with E-state index in [0.29, 0.717) is 12.1 Å². The standard InChI is InChI=1S/C23H28F5N5O4S/c1-22(2,3)37-21(34)29-18-8-15(11-31(4)20(18)16-7-14(24)5-6-17(16)25)32-9-13-10-33(30-19(13)12-32)38(35,36)23(26,27)28/h5-7,10,15,18,20H,8-9,11-12H2,1-4H3,(H,29,34)/t15-,18+,20-/m1/s1. The predicted molar refractivity (Wildman–Crippen MR) is 125 cm³/mol. The van der Waals surface area contributed by atoms with Crippen LogP contribution in [0.4, 0.5) is 26.7 Å². The van der Waals surface area contributed by atoms with Gasteiger partial charge in [-0.1, -0.05) is 0 Å². The number of benzene rings is 1. The van der Waals surface area contributed by atoms with Gasteiger partial charge in [0.1, 0.15) is 17.2 Å². The van der Waals surface area contributed by atoms with E-state index in [1.807, 2.05) is 4.90 Å². The van der Waals surface area contributed by atoms with Crippen LogP contribution in [0.15, 0.2) is 24.4 Å². The topological polar surface area (TPSA) is 96.8 Å². The first-order chi connectivity index (χ1) is 17.5. The van der Waals surface area contributed by atoms with Gasteiger partial charge in [-0.2, -0.15) is 30.8 Å². The number of carbonyl (C=O) groups is 1. The fourth-order valence-electron chi connectivity index (χ4n) is 4.95. The fourth-order valence-corrected chi connectivity index (χ4v) is 5.63. The highest BCUT2D eigenvalue weighted by atomic mass is 32.2. The molecule has 0 aliphatic carbocycles. The number of piperidine rings is 1. The Balaban J connectivity index is 1.57. The van der Waals surface area contributed by atoms with E-state index in [1.54, 1.807) is 32.7 Å². The summed E-state index contributed by atoms with van der Waals surface area (Å²) in [5, 5.41) is 6.43. The number of fused-ring (bicyclic) bond motifs is 1. The molecule has 1 N–H and O–H groups in total. The Kier molecular flexibility index (Phi) is 7.25. The lowest BCUT2D eigenvalue weighted by molar-refractivity contribution is -0.0450. The highest BCUT2D eigenvalue weighted by Crippen LogP contribution is 2.37. The average Bonchev–Trinajstić information content (AvgIpc) is 3.33. The molecule has 3 atom stereocenters. The Morgan fingerprint density at radius 3 is 2.45 bits per heavy atom. The highest BCUT2D eigenvalue weighted by Gasteiger charge is 2.49. The molecule has 4 rings (SSSR count). The summed E-state index contributed by atoms with van der Waals surface area (Å²) < 4.78 is 96.3. The van der Waals surface area contributed by atoms with Crippen molar-refractivity contribution in [3.63, 3.8) is 0 Å². The molecule has 0 spiro atoms. The molecule has 0 bridgehead atoms. The Labute approximate surface area is 216 Å². The molecule has 2 aliphatic rings. The molecule has 3 heterocycles. The van der Waals surface area contributed by atoms with E-state index in [-0.39, 0.29) is 40.9 Å². The van der Waals surface area contributed by atoms with Crippen LogP contribution in [-0.4, -0.2) is 70.3 Å². The van der Waals surface area contributed by atoms with Crippen molar-refractivity contribution in [2.45, 2.75) is 69.5 Å². The molecule has 2 aliphatic heterocycles. The zero-order chi connectivity index (χ0) is 28.2. The zero-order valence-electron chi connectivity index (χ0n) is 21.1. The first-order valence-corrected chi connectivity index (χ1v) is 13.2. The molecular weight excluding hydrogens is 537 g/mol. The molecule has 9 nitrogen and oxygen atoms in total. The third kappa shape index (κ3) is 5.64. The Hall–Kier alpha value is -2.78. The molecule has 0 saturated carbocycles. The largest absolute Gasteiger partial charge is 0.518 e. The van der Waals surface area contributed by atoms with Gasteiger partial charge in [-0.25, -0.2) is 13.6 Å². The molecular formula is C23H28F5N5O4S. The predicted octanol–water partition coefficient (Wildman–Crippen LogP) is 3.51. The van der Waals surface area contributed by atoms with Crippen molar-refractivity contribution in [3.05, 3.63) is 52.9 Å². The van der Waals surface area contributed by atoms with Crippen LogP contribution in [0.25, 0.3) is 0 Å². The van der Waals surface area contributed by atoms with E-state index < -0.39 is 50.9 Å². The van der Waals surface area contributed by atoms with Gasteiger partial charge >= 0.3 is 21.6 Å². The number of nitrogens with zero attached hydrogens (tertiary/aromatic N) is 4. The van der Waals surface area contributed by atoms with Crippen molar-refractivity contribution in [1.82, 2.24) is 24.3 Å². The van der Waals surface area contributed by atoms with Crippen LogP contribution in [-0.2, 0) is 27.8 Å². The molecule has 15 heteroatoms. The van der Waals surface area contributed by atoms with E-state index >= 15 is 0 Å². The molecule has 38 heavy (non-hydrogen) atoms. The number of likely N-dealkylation sites (N-methyl/N-ethyl adjacent to an activating group) is 1. The number of alkyl carbamates (subject to hydrolysis) is 1. The van der Waals surface area contributed by atoms with Gasteiger partial charge in [-0.3, -0.25) is 9.80 Å². The van der Waals surface area contributed by atoms with Gasteiger partial charge in [0.2, 0.25) is 0 Å². The number of hydrogen-bond acceptors (Lipinski definition) is 7. The minimum absolute atomic E-state index is 0.0579. The maximum absolute atomic E-state index is 14.8. The quantitative estimate of drug-likeness (QED) is 0.567. The van der Waals surface area contributed by atoms with Crippen LogP contribution in [0.2, 0.25) is 0 Å². The second-order valence-electron chi connectivity index (χ2n) is 10.5. The summed E-state index contributed by atoms with van der Waals surface area (Å²) in [6.07, 6.45) is 0.387. The third-order valence-corrected chi connectivity index (χ3v) is 7.76. The summed E-state index contributed by atoms with van der Waals surface area (Å²) in [5.74, 6) is -1.28. The molecule has 0 unspecified atom stereocenters. The molecule has 2 aromatic rings. The summed E-state index contributed by atoms with van der Waals surface area (Å²) >= 11 is 0. The van der Waals surface area contributed by atoms with Crippen molar-refractivity contribution in [2.75, 3.05) is 13.6 Å². The lowest BCUT2D eigenvalue weighted by Gasteiger charge is -2.46. The monoisotopic (exact) mass is 565 g/mol. The first-order valence-electron chi connectivity index (χ1n) is 11.7. The maximum atomic E-state index is 14.8. The Morgan fingerprint density at radius 1 is 1.16 bits per heavy atom. The number of nitrogens with one attached hydrogen (secondary N) is 1. The SMILES string of the molecule is CN1C[C@H](N2Cc3cn(S(=O)(=O)C(F)(F)F)nc3C2)C[C@H](NC(=O)OC(C)(C)C)[C@H]1c1cc(F)ccc1F. The Morgan fingerprint density at radius 2 is 1.84 bits per heavy atom. The third-order valence-electron chi connectivity index (χ3n) is 6.50. The minimum atomic E-state index is -5.64. The van der Waals surface area contributed by atoms with E-state index in [0.717, 1.165) is 24.4 Å². The average molecular weight is 566 g/mol. The molecule has 1 aromatic heterocycles. The second kappa shape index (κ2) is 9.75. The van der Waals surface area contributed by atoms with Crippen molar-refractivity contribution >= 4 is 16.1 Å². The molecule has 1 saturated heterocycles. The van der Waals surface area contributed by atoms with Crippen LogP contribution in [0.5, 0.6) is 0 Å². The second-order valence-corrected chi connectivity index (χ2v) is 12.3. The Bertz CT molecular complexity index is 1300. The van der Waals surface area contributed by atoms with E-state index in [2.05, 4.69) is 10.4 Å². The van der Waals surface area contributed by atoms with Crippen molar-refractivity contribution in [3.8, 4) is 0 Å². The number of rotatable bonds is 4. The van der Waals surface area contributed by atoms with Gasteiger partial charge in [-0.05, 0) is 52.4 Å². The zero-order valence-corrected chi connectivity index (χ0v) is 21.9. The lowest BCUT2D eigenvalue weighted by Crippen LogP contribution is -2.57. The number of aromatic nitrogens is 2. The normalized spacial score (nSPS) is 23.3. The van der Waals surface area contributed by atoms with Crippen LogP contribution in [0.1, 0.15) is 50.1 Å². The van der Waals surface area contributed by atoms with Gasteiger partial charge < -0.3 is 10.1 Å². The minimum Gasteiger partial charge on any atom is -0.444 e. The first kappa shape index (κ1) is 28.2. The highest BCUT2D eigenvalue weighted by molar-refractivity contribution is 7.90. The van der Waals surface area contributed by atoms with Crippen molar-refractivity contribution in [1.29, 1.82) is 0 Å². The van der Waals surface area contributed by atoms with Crippen molar-refractivity contribution < 1.29 is 39.9 Å². The number of likely N-dealkylation sites (tertiary alicyclic amines) is 1. The van der Waals surface area contributed by atoms with Gasteiger partial charge in [0.25, 0.3) is 0 Å². The van der Waals surface area contributed by atoms with Gasteiger partial charge in [0.05, 0.1) is 17.8 Å². The number of carbonyl (C=O) groups excluding carboxylic acids is 1. The summed E-state index contributed by atoms with van der Waals surface area (Å²) in [7, 11) is -3.95. The van der Waals surface area contributed by atoms with E-state index in [9.17, 15) is 35.2 Å². The number of ether oxygens (including phenoxy) is 1. The lowest BCUT2D eigenvalue weighted by atomic mass is 9.87. The number of alkyl halides is 3. The van der Waals surface area contributed by atoms with Crippen LogP contribution < -0.4 is 5.32 Å². The molecule has 1 fully saturated rings. The summed E-state index contributed by atoms with van der Waals surface area (Å²) in [6.45, 7) is 5.60. The molecule has 0 radical (unpaired) electrons. The van der Waals surface area contributed by atoms with Crippen LogP contribution in [0, 0.1) is 11.6 Å². The number of amides is 1. The smallest absolute Gasteiger partial charge is 0.444 e. The van der Waals surface area contributed by atoms with Crippen LogP contribution >= 0.6 is 0 Å². The summed E-state index contributed by atoms with van der Waals surface area (Å²) in [5.41, 5.74) is -5.71. The number of halogens is 5. The fraction of sp³-hybridized carbons (Fsp3) is 0.565. The molecule has 1 amide bonds. The molecule has 1 aromatic carbocycles. The van der Waals surface area contributed by atoms with Crippen LogP contribution in [0.3, 0.4) is 0 Å². The summed E-state index contributed by atoms with van der Waals surface area (Å²) in [6, 6.07) is 1.36. The molecule has 210 valence electrons. The van der Waals surface area contributed by atoms with E-state index in [4.69, 9.17) is 4.74 Å². The number of hydrogen-bond donors (Lipinski definition) is 1. The van der Waals surface area contributed by atoms with Gasteiger partial charge in [0.15, 0.2) is 0 Å². The van der Waals surface area contributed by atoms with Gasteiger partial charge in [-0.15, -0.1) is 0 Å². The maximum Gasteiger partial charge on any atom is 0.518 e. The van der Waals surface area contributed by atoms with E-state index in [1.165, 1.54) is 0 Å². The van der Waals surface area contributed by atoms with Gasteiger partial charge in [0, 0.05) is 43.0 Å².